The van der Waals surface area contributed by atoms with E-state index in [1.165, 1.54) is 0 Å². The summed E-state index contributed by atoms with van der Waals surface area (Å²) in [6, 6.07) is 13.4. The first-order chi connectivity index (χ1) is 13.2. The molecule has 0 bridgehead atoms. The molecule has 2 heterocycles. The molecule has 154 valence electrons. The number of aromatic hydroxyl groups is 2. The highest BCUT2D eigenvalue weighted by Gasteiger charge is 2.51. The summed E-state index contributed by atoms with van der Waals surface area (Å²) < 4.78 is 1.67. The molecule has 2 unspecified atom stereocenters. The molecule has 28 heavy (non-hydrogen) atoms. The summed E-state index contributed by atoms with van der Waals surface area (Å²) in [6.45, 7) is 10.9. The van der Waals surface area contributed by atoms with Gasteiger partial charge in [-0.05, 0) is 52.0 Å². The van der Waals surface area contributed by atoms with Gasteiger partial charge < -0.3 is 10.2 Å². The Bertz CT molecular complexity index is 761. The fourth-order valence-electron chi connectivity index (χ4n) is 4.90. The Morgan fingerprint density at radius 1 is 1.00 bits per heavy atom. The number of piperidine rings is 1. The number of benzene rings is 1. The summed E-state index contributed by atoms with van der Waals surface area (Å²) in [7, 11) is 0. The molecule has 5 heteroatoms. The van der Waals surface area contributed by atoms with Crippen LogP contribution in [0, 0.1) is 0 Å². The Balaban J connectivity index is 1.94. The Kier molecular flexibility index (Phi) is 5.78. The van der Waals surface area contributed by atoms with Crippen LogP contribution in [0.1, 0.15) is 78.0 Å². The van der Waals surface area contributed by atoms with Crippen molar-refractivity contribution >= 4 is 0 Å². The van der Waals surface area contributed by atoms with E-state index in [-0.39, 0.29) is 35.0 Å². The first-order valence-electron chi connectivity index (χ1n) is 10.4. The van der Waals surface area contributed by atoms with Crippen LogP contribution in [0.2, 0.25) is 0 Å². The smallest absolute Gasteiger partial charge is 0.194 e. The van der Waals surface area contributed by atoms with Crippen molar-refractivity contribution in [2.45, 2.75) is 83.5 Å². The van der Waals surface area contributed by atoms with Gasteiger partial charge >= 0.3 is 0 Å². The van der Waals surface area contributed by atoms with E-state index in [2.05, 4.69) is 51.8 Å². The average molecular weight is 387 g/mol. The lowest BCUT2D eigenvalue weighted by molar-refractivity contribution is -0.318. The lowest BCUT2D eigenvalue weighted by atomic mass is 9.74. The minimum Gasteiger partial charge on any atom is -0.494 e. The fourth-order valence-corrected chi connectivity index (χ4v) is 4.90. The molecular weight excluding hydrogens is 352 g/mol. The molecule has 1 aromatic carbocycles. The van der Waals surface area contributed by atoms with Gasteiger partial charge in [-0.15, -0.1) is 0 Å². The van der Waals surface area contributed by atoms with Gasteiger partial charge in [0.15, 0.2) is 11.8 Å². The standard InChI is InChI=1S/C23H34N2O3/c1-6-23(7-2)16-19(24-20(26)13-14-21(24)27)15-22(4,5)25(23)28-17(3)18-11-9-8-10-12-18/h8-14,17,19,26-27H,6-7,15-16H2,1-5H3. The number of hydrogen-bond acceptors (Lipinski definition) is 4. The molecule has 3 rings (SSSR count). The van der Waals surface area contributed by atoms with E-state index in [0.29, 0.717) is 0 Å². The topological polar surface area (TPSA) is 57.9 Å². The number of hydrogen-bond donors (Lipinski definition) is 2. The zero-order valence-electron chi connectivity index (χ0n) is 17.7. The SMILES string of the molecule is CCC1(CC)CC(n2c(O)ccc2O)CC(C)(C)N1OC(C)c1ccccc1. The molecule has 5 nitrogen and oxygen atoms in total. The molecule has 2 atom stereocenters. The Hall–Kier alpha value is -1.98. The van der Waals surface area contributed by atoms with Crippen LogP contribution in [-0.4, -0.2) is 30.9 Å². The van der Waals surface area contributed by atoms with Crippen LogP contribution in [0.15, 0.2) is 42.5 Å². The number of aromatic nitrogens is 1. The van der Waals surface area contributed by atoms with Crippen molar-refractivity contribution in [1.82, 2.24) is 9.63 Å². The molecule has 1 fully saturated rings. The summed E-state index contributed by atoms with van der Waals surface area (Å²) in [5.41, 5.74) is 0.710. The van der Waals surface area contributed by atoms with Crippen molar-refractivity contribution in [3.63, 3.8) is 0 Å². The van der Waals surface area contributed by atoms with Crippen molar-refractivity contribution in [3.05, 3.63) is 48.0 Å². The third-order valence-electron chi connectivity index (χ3n) is 6.42. The van der Waals surface area contributed by atoms with Gasteiger partial charge in [0, 0.05) is 29.3 Å². The first-order valence-corrected chi connectivity index (χ1v) is 10.4. The van der Waals surface area contributed by atoms with Crippen LogP contribution in [0.4, 0.5) is 0 Å². The highest BCUT2D eigenvalue weighted by molar-refractivity contribution is 5.26. The van der Waals surface area contributed by atoms with Gasteiger partial charge in [-0.25, -0.2) is 0 Å². The quantitative estimate of drug-likeness (QED) is 0.682. The minimum absolute atomic E-state index is 0.0109. The van der Waals surface area contributed by atoms with Crippen molar-refractivity contribution in [1.29, 1.82) is 0 Å². The van der Waals surface area contributed by atoms with Crippen molar-refractivity contribution in [2.24, 2.45) is 0 Å². The molecule has 0 amide bonds. The van der Waals surface area contributed by atoms with Crippen molar-refractivity contribution in [3.8, 4) is 11.8 Å². The van der Waals surface area contributed by atoms with Gasteiger partial charge in [0.1, 0.15) is 6.10 Å². The molecule has 1 aliphatic heterocycles. The van der Waals surface area contributed by atoms with E-state index in [1.54, 1.807) is 16.7 Å². The minimum atomic E-state index is -0.263. The third-order valence-corrected chi connectivity index (χ3v) is 6.42. The predicted octanol–water partition coefficient (Wildman–Crippen LogP) is 5.57. The van der Waals surface area contributed by atoms with E-state index in [4.69, 9.17) is 4.84 Å². The molecule has 0 aliphatic carbocycles. The van der Waals surface area contributed by atoms with Gasteiger partial charge in [0.25, 0.3) is 0 Å². The summed E-state index contributed by atoms with van der Waals surface area (Å²) in [5, 5.41) is 22.8. The second-order valence-electron chi connectivity index (χ2n) is 8.68. The van der Waals surface area contributed by atoms with Crippen LogP contribution >= 0.6 is 0 Å². The normalized spacial score (nSPS) is 22.8. The molecule has 2 N–H and O–H groups in total. The van der Waals surface area contributed by atoms with Crippen LogP contribution in [0.25, 0.3) is 0 Å². The summed E-state index contributed by atoms with van der Waals surface area (Å²) >= 11 is 0. The van der Waals surface area contributed by atoms with Gasteiger partial charge in [-0.3, -0.25) is 9.40 Å². The van der Waals surface area contributed by atoms with Gasteiger partial charge in [0.05, 0.1) is 0 Å². The highest BCUT2D eigenvalue weighted by Crippen LogP contribution is 2.50. The van der Waals surface area contributed by atoms with Crippen molar-refractivity contribution in [2.75, 3.05) is 0 Å². The second kappa shape index (κ2) is 7.80. The van der Waals surface area contributed by atoms with E-state index in [9.17, 15) is 10.2 Å². The summed E-state index contributed by atoms with van der Waals surface area (Å²) in [6.07, 6.45) is 3.37. The van der Waals surface area contributed by atoms with Crippen LogP contribution in [0.5, 0.6) is 11.8 Å². The van der Waals surface area contributed by atoms with E-state index in [0.717, 1.165) is 31.2 Å². The monoisotopic (exact) mass is 386 g/mol. The number of rotatable bonds is 6. The fraction of sp³-hybridized carbons (Fsp3) is 0.565. The lowest BCUT2D eigenvalue weighted by Gasteiger charge is -2.57. The lowest BCUT2D eigenvalue weighted by Crippen LogP contribution is -2.62. The largest absolute Gasteiger partial charge is 0.494 e. The first kappa shape index (κ1) is 20.7. The molecule has 1 aliphatic rings. The number of hydroxylamine groups is 2. The zero-order chi connectivity index (χ0) is 20.5. The van der Waals surface area contributed by atoms with Gasteiger partial charge in [-0.2, -0.15) is 5.06 Å². The Morgan fingerprint density at radius 2 is 1.57 bits per heavy atom. The molecule has 1 aromatic heterocycles. The molecule has 0 spiro atoms. The van der Waals surface area contributed by atoms with Crippen molar-refractivity contribution < 1.29 is 15.1 Å². The van der Waals surface area contributed by atoms with E-state index >= 15 is 0 Å². The predicted molar refractivity (Wildman–Crippen MR) is 111 cm³/mol. The average Bonchev–Trinajstić information content (AvgIpc) is 3.02. The summed E-state index contributed by atoms with van der Waals surface area (Å²) in [5.74, 6) is 0.234. The van der Waals surface area contributed by atoms with E-state index < -0.39 is 0 Å². The maximum Gasteiger partial charge on any atom is 0.194 e. The maximum absolute atomic E-state index is 10.3. The van der Waals surface area contributed by atoms with Crippen LogP contribution < -0.4 is 0 Å². The van der Waals surface area contributed by atoms with Crippen LogP contribution in [0.3, 0.4) is 0 Å². The highest BCUT2D eigenvalue weighted by atomic mass is 16.7. The maximum atomic E-state index is 10.3. The molecule has 0 saturated carbocycles. The molecule has 0 radical (unpaired) electrons. The number of nitrogens with zero attached hydrogens (tertiary/aromatic N) is 2. The second-order valence-corrected chi connectivity index (χ2v) is 8.68. The van der Waals surface area contributed by atoms with Crippen LogP contribution in [-0.2, 0) is 4.84 Å². The Labute approximate surface area is 168 Å². The van der Waals surface area contributed by atoms with Gasteiger partial charge in [0.2, 0.25) is 0 Å². The third kappa shape index (κ3) is 3.65. The zero-order valence-corrected chi connectivity index (χ0v) is 17.7. The molecule has 2 aromatic rings. The summed E-state index contributed by atoms with van der Waals surface area (Å²) in [4.78, 5) is 6.62. The Morgan fingerprint density at radius 3 is 2.11 bits per heavy atom. The molecule has 1 saturated heterocycles. The van der Waals surface area contributed by atoms with E-state index in [1.807, 2.05) is 18.2 Å². The van der Waals surface area contributed by atoms with Gasteiger partial charge in [-0.1, -0.05) is 44.2 Å². The molecular formula is C23H34N2O3.